The molecule has 0 spiro atoms. The van der Waals surface area contributed by atoms with E-state index in [9.17, 15) is 0 Å². The van der Waals surface area contributed by atoms with Crippen molar-refractivity contribution in [2.45, 2.75) is 33.6 Å². The average molecular weight is 260 g/mol. The highest BCUT2D eigenvalue weighted by atomic mass is 16.5. The molecule has 0 aliphatic heterocycles. The van der Waals surface area contributed by atoms with Gasteiger partial charge in [0.05, 0.1) is 12.9 Å². The van der Waals surface area contributed by atoms with Crippen LogP contribution < -0.4 is 9.47 Å². The summed E-state index contributed by atoms with van der Waals surface area (Å²) in [6.45, 7) is 10.3. The van der Waals surface area contributed by atoms with E-state index >= 15 is 0 Å². The fraction of sp³-hybridized carbons (Fsp3) is 0.412. The second-order valence-corrected chi connectivity index (χ2v) is 4.90. The smallest absolute Gasteiger partial charge is 0.168 e. The Morgan fingerprint density at radius 3 is 2.63 bits per heavy atom. The Balaban J connectivity index is 2.87. The molecule has 2 nitrogen and oxygen atoms in total. The molecule has 0 heterocycles. The summed E-state index contributed by atoms with van der Waals surface area (Å²) in [5.74, 6) is 2.77. The predicted octanol–water partition coefficient (Wildman–Crippen LogP) is 5.06. The summed E-state index contributed by atoms with van der Waals surface area (Å²) in [5, 5.41) is 0. The summed E-state index contributed by atoms with van der Waals surface area (Å²) in [6.07, 6.45) is 6.14. The zero-order valence-electron chi connectivity index (χ0n) is 12.4. The van der Waals surface area contributed by atoms with Gasteiger partial charge in [-0.25, -0.2) is 0 Å². The van der Waals surface area contributed by atoms with Crippen LogP contribution in [0.25, 0.3) is 6.08 Å². The summed E-state index contributed by atoms with van der Waals surface area (Å²) in [4.78, 5) is 0. The monoisotopic (exact) mass is 260 g/mol. The van der Waals surface area contributed by atoms with E-state index in [2.05, 4.69) is 39.5 Å². The maximum absolute atomic E-state index is 5.71. The van der Waals surface area contributed by atoms with Crippen LogP contribution in [0.5, 0.6) is 11.5 Å². The molecule has 104 valence electrons. The highest BCUT2D eigenvalue weighted by Gasteiger charge is 2.06. The van der Waals surface area contributed by atoms with Crippen molar-refractivity contribution in [3.8, 4) is 11.5 Å². The van der Waals surface area contributed by atoms with Gasteiger partial charge in [-0.1, -0.05) is 45.6 Å². The highest BCUT2D eigenvalue weighted by Crippen LogP contribution is 2.30. The Hall–Kier alpha value is -1.70. The van der Waals surface area contributed by atoms with Crippen LogP contribution in [0.2, 0.25) is 0 Å². The molecule has 0 bridgehead atoms. The molecule has 19 heavy (non-hydrogen) atoms. The number of benzene rings is 1. The van der Waals surface area contributed by atoms with Gasteiger partial charge in [0.25, 0.3) is 0 Å². The maximum Gasteiger partial charge on any atom is 0.168 e. The van der Waals surface area contributed by atoms with E-state index in [-0.39, 0.29) is 0 Å². The standard InChI is InChI=1S/C17H24O2/c1-6-7-14(4)19-16-11-10-15(9-8-13(2)3)12-17(16)18-5/h8-13H,4,6-7H2,1-3,5H3. The molecule has 1 aromatic carbocycles. The van der Waals surface area contributed by atoms with Gasteiger partial charge < -0.3 is 9.47 Å². The Morgan fingerprint density at radius 1 is 1.32 bits per heavy atom. The van der Waals surface area contributed by atoms with Gasteiger partial charge in [0, 0.05) is 6.42 Å². The molecule has 0 saturated heterocycles. The van der Waals surface area contributed by atoms with E-state index in [0.717, 1.165) is 35.7 Å². The topological polar surface area (TPSA) is 18.5 Å². The number of rotatable bonds is 7. The fourth-order valence-electron chi connectivity index (χ4n) is 1.66. The van der Waals surface area contributed by atoms with Crippen LogP contribution >= 0.6 is 0 Å². The first-order valence-corrected chi connectivity index (χ1v) is 6.78. The number of ether oxygens (including phenoxy) is 2. The Morgan fingerprint density at radius 2 is 2.05 bits per heavy atom. The third-order valence-electron chi connectivity index (χ3n) is 2.64. The molecule has 0 aromatic heterocycles. The highest BCUT2D eigenvalue weighted by molar-refractivity contribution is 5.56. The Kier molecular flexibility index (Phi) is 6.20. The van der Waals surface area contributed by atoms with E-state index in [4.69, 9.17) is 9.47 Å². The lowest BCUT2D eigenvalue weighted by atomic mass is 10.1. The third kappa shape index (κ3) is 5.21. The lowest BCUT2D eigenvalue weighted by molar-refractivity contribution is 0.352. The third-order valence-corrected chi connectivity index (χ3v) is 2.64. The van der Waals surface area contributed by atoms with Crippen LogP contribution in [0.4, 0.5) is 0 Å². The minimum atomic E-state index is 0.534. The van der Waals surface area contributed by atoms with Crippen molar-refractivity contribution in [3.05, 3.63) is 42.2 Å². The summed E-state index contributed by atoms with van der Waals surface area (Å²) < 4.78 is 11.1. The van der Waals surface area contributed by atoms with Gasteiger partial charge in [0.15, 0.2) is 11.5 Å². The Labute approximate surface area is 116 Å². The van der Waals surface area contributed by atoms with E-state index in [1.54, 1.807) is 7.11 Å². The van der Waals surface area contributed by atoms with Crippen molar-refractivity contribution < 1.29 is 9.47 Å². The molecule has 0 amide bonds. The minimum Gasteiger partial charge on any atom is -0.493 e. The molecule has 0 aliphatic carbocycles. The zero-order valence-corrected chi connectivity index (χ0v) is 12.4. The number of allylic oxidation sites excluding steroid dienone is 2. The second-order valence-electron chi connectivity index (χ2n) is 4.90. The quantitative estimate of drug-likeness (QED) is 0.638. The summed E-state index contributed by atoms with van der Waals surface area (Å²) >= 11 is 0. The second kappa shape index (κ2) is 7.67. The van der Waals surface area contributed by atoms with E-state index < -0.39 is 0 Å². The fourth-order valence-corrected chi connectivity index (χ4v) is 1.66. The van der Waals surface area contributed by atoms with Crippen LogP contribution in [-0.4, -0.2) is 7.11 Å². The molecule has 1 aromatic rings. The van der Waals surface area contributed by atoms with E-state index in [1.807, 2.05) is 18.2 Å². The Bertz CT molecular complexity index is 445. The van der Waals surface area contributed by atoms with Gasteiger partial charge in [0.2, 0.25) is 0 Å². The normalized spacial score (nSPS) is 11.0. The van der Waals surface area contributed by atoms with Gasteiger partial charge in [-0.2, -0.15) is 0 Å². The molecule has 0 aliphatic rings. The van der Waals surface area contributed by atoms with Crippen molar-refractivity contribution in [1.82, 2.24) is 0 Å². The largest absolute Gasteiger partial charge is 0.493 e. The SMILES string of the molecule is C=C(CCC)Oc1ccc(C=CC(C)C)cc1OC. The van der Waals surface area contributed by atoms with Gasteiger partial charge >= 0.3 is 0 Å². The summed E-state index contributed by atoms with van der Waals surface area (Å²) in [6, 6.07) is 5.93. The van der Waals surface area contributed by atoms with Gasteiger partial charge in [-0.05, 0) is 30.0 Å². The summed E-state index contributed by atoms with van der Waals surface area (Å²) in [7, 11) is 1.65. The first-order chi connectivity index (χ1) is 9.06. The molecule has 2 heteroatoms. The van der Waals surface area contributed by atoms with Gasteiger partial charge in [-0.3, -0.25) is 0 Å². The number of methoxy groups -OCH3 is 1. The van der Waals surface area contributed by atoms with E-state index in [1.165, 1.54) is 0 Å². The molecule has 0 fully saturated rings. The van der Waals surface area contributed by atoms with Gasteiger partial charge in [-0.15, -0.1) is 0 Å². The number of hydrogen-bond acceptors (Lipinski definition) is 2. The minimum absolute atomic E-state index is 0.534. The molecule has 0 radical (unpaired) electrons. The lowest BCUT2D eigenvalue weighted by Crippen LogP contribution is -1.96. The number of hydrogen-bond donors (Lipinski definition) is 0. The van der Waals surface area contributed by atoms with Gasteiger partial charge in [0.1, 0.15) is 0 Å². The molecular weight excluding hydrogens is 236 g/mol. The van der Waals surface area contributed by atoms with Crippen molar-refractivity contribution in [2.75, 3.05) is 7.11 Å². The molecule has 0 saturated carbocycles. The molecular formula is C17H24O2. The predicted molar refractivity (Wildman–Crippen MR) is 81.5 cm³/mol. The van der Waals surface area contributed by atoms with E-state index in [0.29, 0.717) is 5.92 Å². The summed E-state index contributed by atoms with van der Waals surface area (Å²) in [5.41, 5.74) is 1.11. The van der Waals surface area contributed by atoms with Crippen molar-refractivity contribution in [1.29, 1.82) is 0 Å². The van der Waals surface area contributed by atoms with Crippen molar-refractivity contribution in [3.63, 3.8) is 0 Å². The van der Waals surface area contributed by atoms with Crippen LogP contribution in [0.1, 0.15) is 39.2 Å². The van der Waals surface area contributed by atoms with Crippen molar-refractivity contribution in [2.24, 2.45) is 5.92 Å². The molecule has 0 atom stereocenters. The zero-order chi connectivity index (χ0) is 14.3. The molecule has 0 N–H and O–H groups in total. The molecule has 1 rings (SSSR count). The lowest BCUT2D eigenvalue weighted by Gasteiger charge is -2.12. The molecule has 0 unspecified atom stereocenters. The average Bonchev–Trinajstić information content (AvgIpc) is 2.37. The van der Waals surface area contributed by atoms with Crippen LogP contribution in [-0.2, 0) is 0 Å². The van der Waals surface area contributed by atoms with Crippen LogP contribution in [0.15, 0.2) is 36.6 Å². The van der Waals surface area contributed by atoms with Crippen molar-refractivity contribution >= 4 is 6.08 Å². The maximum atomic E-state index is 5.71. The first-order valence-electron chi connectivity index (χ1n) is 6.78. The van der Waals surface area contributed by atoms with Crippen LogP contribution in [0.3, 0.4) is 0 Å². The van der Waals surface area contributed by atoms with Crippen LogP contribution in [0, 0.1) is 5.92 Å². The first kappa shape index (κ1) is 15.4.